The van der Waals surface area contributed by atoms with E-state index >= 15 is 0 Å². The minimum Gasteiger partial charge on any atom is -0.253 e. The maximum Gasteiger partial charge on any atom is 0.0830 e. The number of aromatic nitrogens is 3. The molecule has 16 heavy (non-hydrogen) atoms. The molecule has 0 aromatic carbocycles. The van der Waals surface area contributed by atoms with Gasteiger partial charge in [0.1, 0.15) is 0 Å². The van der Waals surface area contributed by atoms with Gasteiger partial charge in [-0.1, -0.05) is 12.1 Å². The number of aryl methyl sites for hydroxylation is 4. The van der Waals surface area contributed by atoms with Crippen LogP contribution in [0.4, 0.5) is 0 Å². The van der Waals surface area contributed by atoms with Crippen LogP contribution in [0.15, 0.2) is 18.3 Å². The van der Waals surface area contributed by atoms with Crippen LogP contribution < -0.4 is 0 Å². The van der Waals surface area contributed by atoms with Crippen LogP contribution in [-0.2, 0) is 25.8 Å². The minimum absolute atomic E-state index is 0.895. The number of thiophene rings is 1. The second-order valence-corrected chi connectivity index (χ2v) is 5.04. The zero-order valence-corrected chi connectivity index (χ0v) is 10.6. The normalized spacial score (nSPS) is 10.9. The first-order valence-corrected chi connectivity index (χ1v) is 6.60. The topological polar surface area (TPSA) is 30.7 Å². The number of hydrogen-bond acceptors (Lipinski definition) is 3. The maximum atomic E-state index is 4.15. The summed E-state index contributed by atoms with van der Waals surface area (Å²) >= 11 is 1.91. The summed E-state index contributed by atoms with van der Waals surface area (Å²) in [6.07, 6.45) is 5.24. The van der Waals surface area contributed by atoms with Gasteiger partial charge in [0.05, 0.1) is 5.69 Å². The van der Waals surface area contributed by atoms with Crippen molar-refractivity contribution < 1.29 is 0 Å². The van der Waals surface area contributed by atoms with Crippen molar-refractivity contribution in [2.24, 2.45) is 0 Å². The lowest BCUT2D eigenvalue weighted by molar-refractivity contribution is 0.626. The van der Waals surface area contributed by atoms with E-state index in [2.05, 4.69) is 36.3 Å². The highest BCUT2D eigenvalue weighted by atomic mass is 32.1. The van der Waals surface area contributed by atoms with Gasteiger partial charge in [0, 0.05) is 22.5 Å². The molecule has 0 aliphatic rings. The van der Waals surface area contributed by atoms with E-state index in [1.165, 1.54) is 9.75 Å². The standard InChI is InChI=1S/C12H17N3S/c1-3-11-7-8-12(16-11)6-5-10-9-15(4-2)14-13-10/h7-9H,3-6H2,1-2H3. The van der Waals surface area contributed by atoms with Gasteiger partial charge < -0.3 is 0 Å². The molecule has 2 aromatic rings. The van der Waals surface area contributed by atoms with Gasteiger partial charge in [-0.2, -0.15) is 0 Å². The van der Waals surface area contributed by atoms with Crippen LogP contribution in [0.25, 0.3) is 0 Å². The lowest BCUT2D eigenvalue weighted by Gasteiger charge is -1.93. The van der Waals surface area contributed by atoms with E-state index in [1.54, 1.807) is 0 Å². The second kappa shape index (κ2) is 5.25. The summed E-state index contributed by atoms with van der Waals surface area (Å²) in [5.41, 5.74) is 1.09. The molecule has 0 amide bonds. The Balaban J connectivity index is 1.91. The first kappa shape index (κ1) is 11.3. The number of nitrogens with zero attached hydrogens (tertiary/aromatic N) is 3. The zero-order chi connectivity index (χ0) is 11.4. The summed E-state index contributed by atoms with van der Waals surface area (Å²) in [6.45, 7) is 5.17. The van der Waals surface area contributed by atoms with E-state index in [4.69, 9.17) is 0 Å². The van der Waals surface area contributed by atoms with Crippen LogP contribution >= 0.6 is 11.3 Å². The number of hydrogen-bond donors (Lipinski definition) is 0. The van der Waals surface area contributed by atoms with Crippen molar-refractivity contribution in [2.75, 3.05) is 0 Å². The Morgan fingerprint density at radius 1 is 1.19 bits per heavy atom. The van der Waals surface area contributed by atoms with E-state index < -0.39 is 0 Å². The lowest BCUT2D eigenvalue weighted by atomic mass is 10.2. The Bertz CT molecular complexity index is 402. The van der Waals surface area contributed by atoms with Crippen LogP contribution in [0.3, 0.4) is 0 Å². The van der Waals surface area contributed by atoms with Crippen molar-refractivity contribution in [3.8, 4) is 0 Å². The monoisotopic (exact) mass is 235 g/mol. The molecule has 3 nitrogen and oxygen atoms in total. The van der Waals surface area contributed by atoms with Gasteiger partial charge in [-0.15, -0.1) is 16.4 Å². The van der Waals surface area contributed by atoms with Gasteiger partial charge in [0.25, 0.3) is 0 Å². The van der Waals surface area contributed by atoms with Gasteiger partial charge in [0.2, 0.25) is 0 Å². The molecule has 0 N–H and O–H groups in total. The molecule has 0 saturated carbocycles. The van der Waals surface area contributed by atoms with Crippen molar-refractivity contribution in [1.29, 1.82) is 0 Å². The summed E-state index contributed by atoms with van der Waals surface area (Å²) in [4.78, 5) is 2.91. The fourth-order valence-corrected chi connectivity index (χ4v) is 2.56. The molecule has 0 unspecified atom stereocenters. The third kappa shape index (κ3) is 2.70. The van der Waals surface area contributed by atoms with E-state index in [-0.39, 0.29) is 0 Å². The summed E-state index contributed by atoms with van der Waals surface area (Å²) in [5.74, 6) is 0. The molecule has 2 aromatic heterocycles. The average molecular weight is 235 g/mol. The van der Waals surface area contributed by atoms with Gasteiger partial charge in [-0.3, -0.25) is 4.68 Å². The molecule has 86 valence electrons. The van der Waals surface area contributed by atoms with Crippen LogP contribution in [0.5, 0.6) is 0 Å². The Labute approximate surface area is 100 Å². The van der Waals surface area contributed by atoms with E-state index in [1.807, 2.05) is 22.2 Å². The van der Waals surface area contributed by atoms with Crippen LogP contribution in [0.1, 0.15) is 29.3 Å². The second-order valence-electron chi connectivity index (χ2n) is 3.79. The van der Waals surface area contributed by atoms with Gasteiger partial charge in [-0.05, 0) is 38.3 Å². The third-order valence-electron chi connectivity index (χ3n) is 2.60. The van der Waals surface area contributed by atoms with Crippen molar-refractivity contribution in [3.63, 3.8) is 0 Å². The van der Waals surface area contributed by atoms with Crippen LogP contribution in [0.2, 0.25) is 0 Å². The van der Waals surface area contributed by atoms with Gasteiger partial charge in [0.15, 0.2) is 0 Å². The van der Waals surface area contributed by atoms with Crippen LogP contribution in [-0.4, -0.2) is 15.0 Å². The molecule has 0 radical (unpaired) electrons. The average Bonchev–Trinajstić information content (AvgIpc) is 2.95. The predicted octanol–water partition coefficient (Wildman–Crippen LogP) is 2.71. The molecule has 0 aliphatic heterocycles. The summed E-state index contributed by atoms with van der Waals surface area (Å²) in [7, 11) is 0. The molecule has 0 fully saturated rings. The maximum absolute atomic E-state index is 4.15. The summed E-state index contributed by atoms with van der Waals surface area (Å²) < 4.78 is 1.88. The molecule has 0 spiro atoms. The van der Waals surface area contributed by atoms with Crippen molar-refractivity contribution in [2.45, 2.75) is 39.7 Å². The minimum atomic E-state index is 0.895. The quantitative estimate of drug-likeness (QED) is 0.797. The Hall–Kier alpha value is -1.16. The predicted molar refractivity (Wildman–Crippen MR) is 66.8 cm³/mol. The first-order valence-electron chi connectivity index (χ1n) is 5.78. The molecule has 2 heterocycles. The van der Waals surface area contributed by atoms with E-state index in [0.29, 0.717) is 0 Å². The lowest BCUT2D eigenvalue weighted by Crippen LogP contribution is -1.93. The number of rotatable bonds is 5. The highest BCUT2D eigenvalue weighted by Gasteiger charge is 2.02. The molecular formula is C12H17N3S. The van der Waals surface area contributed by atoms with E-state index in [9.17, 15) is 0 Å². The molecule has 0 saturated heterocycles. The van der Waals surface area contributed by atoms with E-state index in [0.717, 1.165) is 31.5 Å². The SMILES string of the molecule is CCc1ccc(CCc2cn(CC)nn2)s1. The van der Waals surface area contributed by atoms with Crippen molar-refractivity contribution in [1.82, 2.24) is 15.0 Å². The highest BCUT2D eigenvalue weighted by Crippen LogP contribution is 2.18. The fraction of sp³-hybridized carbons (Fsp3) is 0.500. The Morgan fingerprint density at radius 3 is 2.62 bits per heavy atom. The molecule has 0 atom stereocenters. The smallest absolute Gasteiger partial charge is 0.0830 e. The molecule has 2 rings (SSSR count). The van der Waals surface area contributed by atoms with Crippen molar-refractivity contribution in [3.05, 3.63) is 33.8 Å². The zero-order valence-electron chi connectivity index (χ0n) is 9.81. The van der Waals surface area contributed by atoms with Gasteiger partial charge >= 0.3 is 0 Å². The first-order chi connectivity index (χ1) is 7.81. The van der Waals surface area contributed by atoms with Gasteiger partial charge in [-0.25, -0.2) is 0 Å². The summed E-state index contributed by atoms with van der Waals surface area (Å²) in [6, 6.07) is 4.45. The summed E-state index contributed by atoms with van der Waals surface area (Å²) in [5, 5.41) is 8.19. The Kier molecular flexibility index (Phi) is 3.72. The molecule has 4 heteroatoms. The third-order valence-corrected chi connectivity index (χ3v) is 3.89. The highest BCUT2D eigenvalue weighted by molar-refractivity contribution is 7.11. The molecule has 0 aliphatic carbocycles. The Morgan fingerprint density at radius 2 is 2.00 bits per heavy atom. The van der Waals surface area contributed by atoms with Crippen molar-refractivity contribution >= 4 is 11.3 Å². The largest absolute Gasteiger partial charge is 0.253 e. The van der Waals surface area contributed by atoms with Crippen LogP contribution in [0, 0.1) is 0 Å². The fourth-order valence-electron chi connectivity index (χ4n) is 1.61. The molecule has 0 bridgehead atoms. The molecular weight excluding hydrogens is 218 g/mol.